The Labute approximate surface area is 108 Å². The molecule has 0 amide bonds. The van der Waals surface area contributed by atoms with Gasteiger partial charge in [-0.1, -0.05) is 42.6 Å². The maximum absolute atomic E-state index is 6.05. The fraction of sp³-hybridized carbons (Fsp3) is 0.571. The Hall–Kier alpha value is -0.570. The van der Waals surface area contributed by atoms with Gasteiger partial charge >= 0.3 is 0 Å². The summed E-state index contributed by atoms with van der Waals surface area (Å²) >= 11 is 6.05. The number of ether oxygens (including phenoxy) is 1. The predicted molar refractivity (Wildman–Crippen MR) is 71.4 cm³/mol. The van der Waals surface area contributed by atoms with Crippen LogP contribution in [0.15, 0.2) is 24.3 Å². The molecule has 0 saturated heterocycles. The molecule has 0 radical (unpaired) electrons. The molecule has 1 aromatic rings. The molecule has 1 saturated carbocycles. The van der Waals surface area contributed by atoms with Crippen LogP contribution in [0.25, 0.3) is 0 Å². The van der Waals surface area contributed by atoms with Gasteiger partial charge in [0.05, 0.1) is 13.2 Å². The van der Waals surface area contributed by atoms with Crippen molar-refractivity contribution in [3.8, 4) is 0 Å². The third-order valence-corrected chi connectivity index (χ3v) is 3.62. The van der Waals surface area contributed by atoms with E-state index in [1.54, 1.807) is 0 Å². The molecule has 1 fully saturated rings. The zero-order chi connectivity index (χ0) is 11.9. The average molecular weight is 254 g/mol. The summed E-state index contributed by atoms with van der Waals surface area (Å²) in [6.45, 7) is 2.29. The first-order valence-corrected chi connectivity index (χ1v) is 6.78. The Morgan fingerprint density at radius 3 is 2.76 bits per heavy atom. The molecule has 17 heavy (non-hydrogen) atoms. The molecular weight excluding hydrogens is 234 g/mol. The molecule has 1 aromatic carbocycles. The monoisotopic (exact) mass is 253 g/mol. The molecule has 0 aliphatic heterocycles. The number of hydrogen-bond acceptors (Lipinski definition) is 2. The lowest BCUT2D eigenvalue weighted by atomic mass is 10.2. The molecule has 3 heteroatoms. The van der Waals surface area contributed by atoms with Crippen LogP contribution in [0.5, 0.6) is 0 Å². The van der Waals surface area contributed by atoms with Gasteiger partial charge in [0.25, 0.3) is 0 Å². The minimum atomic E-state index is 0.603. The van der Waals surface area contributed by atoms with E-state index in [0.717, 1.165) is 29.8 Å². The topological polar surface area (TPSA) is 21.3 Å². The van der Waals surface area contributed by atoms with E-state index >= 15 is 0 Å². The number of rotatable bonds is 6. The minimum Gasteiger partial charge on any atom is -0.375 e. The van der Waals surface area contributed by atoms with E-state index in [1.807, 2.05) is 24.3 Å². The average Bonchev–Trinajstić information content (AvgIpc) is 2.84. The van der Waals surface area contributed by atoms with Crippen molar-refractivity contribution in [2.45, 2.75) is 38.3 Å². The third-order valence-electron chi connectivity index (χ3n) is 3.25. The Morgan fingerprint density at radius 1 is 1.24 bits per heavy atom. The molecular formula is C14H20ClNO. The van der Waals surface area contributed by atoms with Crippen LogP contribution in [0.4, 0.5) is 0 Å². The summed E-state index contributed by atoms with van der Waals surface area (Å²) in [5.41, 5.74) is 1.06. The molecule has 0 aromatic heterocycles. The fourth-order valence-corrected chi connectivity index (χ4v) is 2.45. The summed E-state index contributed by atoms with van der Waals surface area (Å²) in [5.74, 6) is 0. The molecule has 94 valence electrons. The molecule has 0 atom stereocenters. The van der Waals surface area contributed by atoms with Crippen molar-refractivity contribution in [3.63, 3.8) is 0 Å². The Kier molecular flexibility index (Phi) is 5.30. The van der Waals surface area contributed by atoms with Crippen molar-refractivity contribution in [3.05, 3.63) is 34.9 Å². The van der Waals surface area contributed by atoms with Crippen molar-refractivity contribution in [1.82, 2.24) is 5.32 Å². The van der Waals surface area contributed by atoms with E-state index in [0.29, 0.717) is 6.61 Å². The molecule has 1 aliphatic rings. The molecule has 0 spiro atoms. The molecule has 1 N–H and O–H groups in total. The highest BCUT2D eigenvalue weighted by atomic mass is 35.5. The van der Waals surface area contributed by atoms with Crippen molar-refractivity contribution < 1.29 is 4.74 Å². The van der Waals surface area contributed by atoms with Gasteiger partial charge in [0.15, 0.2) is 0 Å². The SMILES string of the molecule is Clc1ccccc1COCCNC1CCCC1. The Balaban J connectivity index is 1.58. The van der Waals surface area contributed by atoms with Crippen molar-refractivity contribution in [2.75, 3.05) is 13.2 Å². The van der Waals surface area contributed by atoms with Crippen LogP contribution in [0.3, 0.4) is 0 Å². The largest absolute Gasteiger partial charge is 0.375 e. The highest BCUT2D eigenvalue weighted by Crippen LogP contribution is 2.17. The molecule has 0 heterocycles. The number of nitrogens with one attached hydrogen (secondary N) is 1. The lowest BCUT2D eigenvalue weighted by Crippen LogP contribution is -2.29. The van der Waals surface area contributed by atoms with Gasteiger partial charge in [-0.15, -0.1) is 0 Å². The van der Waals surface area contributed by atoms with Gasteiger partial charge in [0.1, 0.15) is 0 Å². The normalized spacial score (nSPS) is 16.5. The summed E-state index contributed by atoms with van der Waals surface area (Å²) in [6, 6.07) is 8.55. The lowest BCUT2D eigenvalue weighted by Gasteiger charge is -2.12. The van der Waals surface area contributed by atoms with Crippen LogP contribution in [-0.2, 0) is 11.3 Å². The second-order valence-electron chi connectivity index (χ2n) is 4.58. The quantitative estimate of drug-likeness (QED) is 0.785. The Bertz CT molecular complexity index is 337. The van der Waals surface area contributed by atoms with E-state index in [2.05, 4.69) is 5.32 Å². The minimum absolute atomic E-state index is 0.603. The van der Waals surface area contributed by atoms with Gasteiger partial charge in [-0.3, -0.25) is 0 Å². The molecule has 2 rings (SSSR count). The molecule has 2 nitrogen and oxygen atoms in total. The summed E-state index contributed by atoms with van der Waals surface area (Å²) in [4.78, 5) is 0. The molecule has 1 aliphatic carbocycles. The smallest absolute Gasteiger partial charge is 0.0731 e. The summed E-state index contributed by atoms with van der Waals surface area (Å²) < 4.78 is 5.61. The van der Waals surface area contributed by atoms with E-state index in [9.17, 15) is 0 Å². The van der Waals surface area contributed by atoms with Gasteiger partial charge in [-0.05, 0) is 24.5 Å². The Morgan fingerprint density at radius 2 is 2.00 bits per heavy atom. The van der Waals surface area contributed by atoms with E-state index in [4.69, 9.17) is 16.3 Å². The van der Waals surface area contributed by atoms with Crippen LogP contribution in [0, 0.1) is 0 Å². The highest BCUT2D eigenvalue weighted by Gasteiger charge is 2.13. The van der Waals surface area contributed by atoms with Gasteiger partial charge < -0.3 is 10.1 Å². The van der Waals surface area contributed by atoms with Crippen LogP contribution in [0.1, 0.15) is 31.2 Å². The van der Waals surface area contributed by atoms with Crippen LogP contribution in [-0.4, -0.2) is 19.2 Å². The first kappa shape index (κ1) is 12.9. The lowest BCUT2D eigenvalue weighted by molar-refractivity contribution is 0.121. The second-order valence-corrected chi connectivity index (χ2v) is 4.99. The third kappa shape index (κ3) is 4.30. The standard InChI is InChI=1S/C14H20ClNO/c15-14-8-4-1-5-12(14)11-17-10-9-16-13-6-2-3-7-13/h1,4-5,8,13,16H,2-3,6-7,9-11H2. The van der Waals surface area contributed by atoms with Crippen LogP contribution < -0.4 is 5.32 Å². The van der Waals surface area contributed by atoms with Gasteiger partial charge in [0, 0.05) is 17.6 Å². The number of benzene rings is 1. The van der Waals surface area contributed by atoms with Gasteiger partial charge in [-0.2, -0.15) is 0 Å². The van der Waals surface area contributed by atoms with Crippen molar-refractivity contribution in [2.24, 2.45) is 0 Å². The predicted octanol–water partition coefficient (Wildman–Crippen LogP) is 3.39. The number of halogens is 1. The summed E-state index contributed by atoms with van der Waals surface area (Å²) in [6.07, 6.45) is 5.39. The summed E-state index contributed by atoms with van der Waals surface area (Å²) in [5, 5.41) is 4.31. The van der Waals surface area contributed by atoms with Gasteiger partial charge in [0.2, 0.25) is 0 Å². The first-order valence-electron chi connectivity index (χ1n) is 6.41. The van der Waals surface area contributed by atoms with Crippen molar-refractivity contribution in [1.29, 1.82) is 0 Å². The van der Waals surface area contributed by atoms with Crippen LogP contribution >= 0.6 is 11.6 Å². The summed E-state index contributed by atoms with van der Waals surface area (Å²) in [7, 11) is 0. The first-order chi connectivity index (χ1) is 8.36. The second kappa shape index (κ2) is 7.00. The van der Waals surface area contributed by atoms with E-state index < -0.39 is 0 Å². The zero-order valence-electron chi connectivity index (χ0n) is 10.1. The van der Waals surface area contributed by atoms with E-state index in [1.165, 1.54) is 25.7 Å². The van der Waals surface area contributed by atoms with Crippen LogP contribution in [0.2, 0.25) is 5.02 Å². The van der Waals surface area contributed by atoms with E-state index in [-0.39, 0.29) is 0 Å². The maximum atomic E-state index is 6.05. The fourth-order valence-electron chi connectivity index (χ4n) is 2.26. The zero-order valence-corrected chi connectivity index (χ0v) is 10.9. The van der Waals surface area contributed by atoms with Gasteiger partial charge in [-0.25, -0.2) is 0 Å². The molecule has 0 bridgehead atoms. The molecule has 0 unspecified atom stereocenters. The number of hydrogen-bond donors (Lipinski definition) is 1. The maximum Gasteiger partial charge on any atom is 0.0731 e. The highest BCUT2D eigenvalue weighted by molar-refractivity contribution is 6.31. The van der Waals surface area contributed by atoms with Crippen molar-refractivity contribution >= 4 is 11.6 Å².